The lowest BCUT2D eigenvalue weighted by atomic mass is 10.2. The molecule has 0 radical (unpaired) electrons. The molecule has 1 heterocycles. The van der Waals surface area contributed by atoms with Crippen LogP contribution in [0.3, 0.4) is 0 Å². The van der Waals surface area contributed by atoms with Crippen LogP contribution < -0.4 is 0 Å². The van der Waals surface area contributed by atoms with Gasteiger partial charge in [-0.3, -0.25) is 0 Å². The van der Waals surface area contributed by atoms with Crippen LogP contribution >= 0.6 is 31.9 Å². The van der Waals surface area contributed by atoms with Crippen LogP contribution in [0.25, 0.3) is 6.08 Å². The van der Waals surface area contributed by atoms with E-state index in [0.29, 0.717) is 15.5 Å². The number of rotatable bonds is 2. The van der Waals surface area contributed by atoms with Crippen molar-refractivity contribution in [3.63, 3.8) is 0 Å². The zero-order valence-corrected chi connectivity index (χ0v) is 9.27. The van der Waals surface area contributed by atoms with Crippen LogP contribution in [0.4, 0.5) is 4.39 Å². The quantitative estimate of drug-likeness (QED) is 0.602. The monoisotopic (exact) mass is 293 g/mol. The molecule has 4 heteroatoms. The number of pyridine rings is 1. The lowest BCUT2D eigenvalue weighted by Gasteiger charge is -1.95. The van der Waals surface area contributed by atoms with E-state index in [9.17, 15) is 4.39 Å². The molecule has 0 aliphatic heterocycles. The molecular formula is C8H6Br2FN. The Bertz CT molecular complexity index is 299. The van der Waals surface area contributed by atoms with Gasteiger partial charge < -0.3 is 0 Å². The fraction of sp³-hybridized carbons (Fsp3) is 0.125. The number of nitrogens with zero attached hydrogens (tertiary/aromatic N) is 1. The van der Waals surface area contributed by atoms with Crippen LogP contribution in [0.2, 0.25) is 0 Å². The number of halogens is 3. The number of hydrogen-bond acceptors (Lipinski definition) is 1. The maximum absolute atomic E-state index is 12.9. The second-order valence-electron chi connectivity index (χ2n) is 2.09. The highest BCUT2D eigenvalue weighted by Crippen LogP contribution is 2.13. The molecule has 0 fully saturated rings. The van der Waals surface area contributed by atoms with Crippen molar-refractivity contribution in [2.45, 2.75) is 0 Å². The van der Waals surface area contributed by atoms with Gasteiger partial charge in [-0.15, -0.1) is 0 Å². The Morgan fingerprint density at radius 3 is 3.00 bits per heavy atom. The molecule has 0 unspecified atom stereocenters. The van der Waals surface area contributed by atoms with Gasteiger partial charge in [-0.1, -0.05) is 28.1 Å². The molecule has 1 nitrogen and oxygen atoms in total. The number of alkyl halides is 1. The Morgan fingerprint density at radius 1 is 1.58 bits per heavy atom. The van der Waals surface area contributed by atoms with Crippen molar-refractivity contribution < 1.29 is 4.39 Å². The molecule has 1 aromatic rings. The van der Waals surface area contributed by atoms with Gasteiger partial charge in [0.1, 0.15) is 10.4 Å². The molecule has 12 heavy (non-hydrogen) atoms. The van der Waals surface area contributed by atoms with Gasteiger partial charge in [0.25, 0.3) is 0 Å². The molecule has 1 aromatic heterocycles. The second kappa shape index (κ2) is 4.72. The summed E-state index contributed by atoms with van der Waals surface area (Å²) in [5, 5.41) is 0.715. The minimum absolute atomic E-state index is 0.310. The van der Waals surface area contributed by atoms with Crippen LogP contribution in [0, 0.1) is 5.82 Å². The summed E-state index contributed by atoms with van der Waals surface area (Å²) in [6.45, 7) is 0. The predicted octanol–water partition coefficient (Wildman–Crippen LogP) is 3.39. The molecule has 64 valence electrons. The van der Waals surface area contributed by atoms with E-state index >= 15 is 0 Å². The third-order valence-corrected chi connectivity index (χ3v) is 2.05. The Morgan fingerprint density at radius 2 is 2.33 bits per heavy atom. The molecule has 0 N–H and O–H groups in total. The number of aromatic nitrogens is 1. The zero-order valence-electron chi connectivity index (χ0n) is 6.10. The molecule has 0 saturated heterocycles. The minimum atomic E-state index is -0.310. The van der Waals surface area contributed by atoms with Gasteiger partial charge in [-0.2, -0.15) is 0 Å². The summed E-state index contributed by atoms with van der Waals surface area (Å²) >= 11 is 6.38. The third kappa shape index (κ3) is 2.68. The van der Waals surface area contributed by atoms with Crippen molar-refractivity contribution in [2.24, 2.45) is 0 Å². The van der Waals surface area contributed by atoms with Crippen LogP contribution in [0.5, 0.6) is 0 Å². The summed E-state index contributed by atoms with van der Waals surface area (Å²) in [5.41, 5.74) is 0.538. The van der Waals surface area contributed by atoms with Crippen molar-refractivity contribution >= 4 is 37.9 Å². The SMILES string of the molecule is Fc1cnc(Br)cc1C=CCBr. The van der Waals surface area contributed by atoms with Crippen molar-refractivity contribution in [1.82, 2.24) is 4.98 Å². The van der Waals surface area contributed by atoms with Gasteiger partial charge in [0, 0.05) is 10.9 Å². The van der Waals surface area contributed by atoms with E-state index in [4.69, 9.17) is 0 Å². The lowest BCUT2D eigenvalue weighted by Crippen LogP contribution is -1.84. The van der Waals surface area contributed by atoms with Gasteiger partial charge in [-0.25, -0.2) is 9.37 Å². The molecule has 0 atom stereocenters. The summed E-state index contributed by atoms with van der Waals surface area (Å²) in [5.74, 6) is -0.310. The smallest absolute Gasteiger partial charge is 0.148 e. The molecule has 0 saturated carbocycles. The van der Waals surface area contributed by atoms with E-state index in [1.54, 1.807) is 12.1 Å². The van der Waals surface area contributed by atoms with Crippen LogP contribution in [-0.2, 0) is 0 Å². The molecule has 0 aliphatic rings. The van der Waals surface area contributed by atoms with Crippen molar-refractivity contribution in [3.05, 3.63) is 34.3 Å². The molecule has 0 bridgehead atoms. The number of allylic oxidation sites excluding steroid dienone is 1. The normalized spacial score (nSPS) is 10.9. The second-order valence-corrected chi connectivity index (χ2v) is 3.55. The molecule has 0 aliphatic carbocycles. The summed E-state index contributed by atoms with van der Waals surface area (Å²) in [4.78, 5) is 3.74. The molecule has 0 spiro atoms. The summed E-state index contributed by atoms with van der Waals surface area (Å²) in [7, 11) is 0. The highest BCUT2D eigenvalue weighted by Gasteiger charge is 1.98. The Kier molecular flexibility index (Phi) is 3.88. The average Bonchev–Trinajstić information content (AvgIpc) is 2.07. The van der Waals surface area contributed by atoms with Crippen LogP contribution in [-0.4, -0.2) is 10.3 Å². The topological polar surface area (TPSA) is 12.9 Å². The first-order valence-corrected chi connectivity index (χ1v) is 5.19. The molecule has 0 amide bonds. The fourth-order valence-corrected chi connectivity index (χ4v) is 1.26. The van der Waals surface area contributed by atoms with Crippen LogP contribution in [0.15, 0.2) is 22.9 Å². The van der Waals surface area contributed by atoms with E-state index in [1.807, 2.05) is 6.08 Å². The van der Waals surface area contributed by atoms with Gasteiger partial charge >= 0.3 is 0 Å². The summed E-state index contributed by atoms with van der Waals surface area (Å²) in [6.07, 6.45) is 4.72. The largest absolute Gasteiger partial charge is 0.246 e. The van der Waals surface area contributed by atoms with Crippen molar-refractivity contribution in [3.8, 4) is 0 Å². The van der Waals surface area contributed by atoms with E-state index in [-0.39, 0.29) is 5.82 Å². The molecular weight excluding hydrogens is 289 g/mol. The van der Waals surface area contributed by atoms with Gasteiger partial charge in [0.15, 0.2) is 0 Å². The first kappa shape index (κ1) is 9.86. The molecule has 1 rings (SSSR count). The highest BCUT2D eigenvalue weighted by molar-refractivity contribution is 9.10. The van der Waals surface area contributed by atoms with E-state index < -0.39 is 0 Å². The van der Waals surface area contributed by atoms with Crippen LogP contribution in [0.1, 0.15) is 5.56 Å². The fourth-order valence-electron chi connectivity index (χ4n) is 0.727. The van der Waals surface area contributed by atoms with E-state index in [2.05, 4.69) is 36.8 Å². The zero-order chi connectivity index (χ0) is 8.97. The van der Waals surface area contributed by atoms with E-state index in [1.165, 1.54) is 6.20 Å². The highest BCUT2D eigenvalue weighted by atomic mass is 79.9. The lowest BCUT2D eigenvalue weighted by molar-refractivity contribution is 0.617. The standard InChI is InChI=1S/C8H6Br2FN/c9-3-1-2-6-4-8(10)12-5-7(6)11/h1-2,4-5H,3H2. The van der Waals surface area contributed by atoms with Crippen molar-refractivity contribution in [2.75, 3.05) is 5.33 Å². The maximum atomic E-state index is 12.9. The average molecular weight is 295 g/mol. The van der Waals surface area contributed by atoms with Crippen molar-refractivity contribution in [1.29, 1.82) is 0 Å². The van der Waals surface area contributed by atoms with Gasteiger partial charge in [0.05, 0.1) is 6.20 Å². The Hall–Kier alpha value is -0.220. The summed E-state index contributed by atoms with van der Waals surface area (Å²) < 4.78 is 13.6. The van der Waals surface area contributed by atoms with E-state index in [0.717, 1.165) is 0 Å². The number of hydrogen-bond donors (Lipinski definition) is 0. The Labute approximate surface area is 87.0 Å². The minimum Gasteiger partial charge on any atom is -0.246 e. The first-order valence-electron chi connectivity index (χ1n) is 3.27. The first-order chi connectivity index (χ1) is 5.74. The van der Waals surface area contributed by atoms with Gasteiger partial charge in [0.2, 0.25) is 0 Å². The van der Waals surface area contributed by atoms with Gasteiger partial charge in [-0.05, 0) is 22.0 Å². The Balaban J connectivity index is 2.97. The molecule has 0 aromatic carbocycles. The maximum Gasteiger partial charge on any atom is 0.148 e. The predicted molar refractivity (Wildman–Crippen MR) is 54.7 cm³/mol. The third-order valence-electron chi connectivity index (χ3n) is 1.24. The summed E-state index contributed by atoms with van der Waals surface area (Å²) in [6, 6.07) is 1.63.